The number of carboxylic acid groups (broad SMARTS) is 1. The van der Waals surface area contributed by atoms with Gasteiger partial charge in [-0.25, -0.2) is 4.79 Å². The largest absolute Gasteiger partial charge is 0.478 e. The molecule has 0 saturated heterocycles. The summed E-state index contributed by atoms with van der Waals surface area (Å²) in [5.41, 5.74) is 6.79. The molecule has 0 atom stereocenters. The number of fused-ring (bicyclic) bond motifs is 1. The van der Waals surface area contributed by atoms with E-state index in [-0.39, 0.29) is 0 Å². The summed E-state index contributed by atoms with van der Waals surface area (Å²) < 4.78 is 2.15. The summed E-state index contributed by atoms with van der Waals surface area (Å²) >= 11 is 0. The van der Waals surface area contributed by atoms with Crippen molar-refractivity contribution in [1.82, 2.24) is 4.57 Å². The first-order valence-corrected chi connectivity index (χ1v) is 7.56. The lowest BCUT2D eigenvalue weighted by Crippen LogP contribution is -1.99. The Morgan fingerprint density at radius 3 is 2.39 bits per heavy atom. The summed E-state index contributed by atoms with van der Waals surface area (Å²) in [6.45, 7) is 6.31. The van der Waals surface area contributed by atoms with Gasteiger partial charge in [-0.05, 0) is 44.0 Å². The molecular formula is C20H19NO2. The maximum Gasteiger partial charge on any atom is 0.328 e. The van der Waals surface area contributed by atoms with Crippen LogP contribution in [0.2, 0.25) is 0 Å². The van der Waals surface area contributed by atoms with Crippen LogP contribution in [-0.4, -0.2) is 15.6 Å². The molecule has 0 aliphatic carbocycles. The molecule has 3 heteroatoms. The highest BCUT2D eigenvalue weighted by Gasteiger charge is 2.12. The SMILES string of the molecule is Cc1cc(C)c(-n2cc(/C=C/C(=O)O)c3ccccc32)c(C)c1. The van der Waals surface area contributed by atoms with Crippen molar-refractivity contribution in [3.63, 3.8) is 0 Å². The fourth-order valence-electron chi connectivity index (χ4n) is 3.24. The van der Waals surface area contributed by atoms with Crippen molar-refractivity contribution in [2.75, 3.05) is 0 Å². The van der Waals surface area contributed by atoms with Crippen molar-refractivity contribution >= 4 is 22.9 Å². The lowest BCUT2D eigenvalue weighted by Gasteiger charge is -2.14. The van der Waals surface area contributed by atoms with Crippen molar-refractivity contribution in [2.45, 2.75) is 20.8 Å². The van der Waals surface area contributed by atoms with Gasteiger partial charge in [0.15, 0.2) is 0 Å². The van der Waals surface area contributed by atoms with E-state index in [4.69, 9.17) is 5.11 Å². The molecule has 0 unspecified atom stereocenters. The highest BCUT2D eigenvalue weighted by Crippen LogP contribution is 2.29. The van der Waals surface area contributed by atoms with Gasteiger partial charge in [-0.1, -0.05) is 35.9 Å². The second-order valence-electron chi connectivity index (χ2n) is 5.89. The van der Waals surface area contributed by atoms with E-state index in [0.29, 0.717) is 0 Å². The molecule has 1 heterocycles. The van der Waals surface area contributed by atoms with Crippen molar-refractivity contribution in [2.24, 2.45) is 0 Å². The third kappa shape index (κ3) is 2.78. The van der Waals surface area contributed by atoms with Crippen LogP contribution in [0.4, 0.5) is 0 Å². The number of nitrogens with zero attached hydrogens (tertiary/aromatic N) is 1. The molecule has 0 saturated carbocycles. The van der Waals surface area contributed by atoms with E-state index in [1.54, 1.807) is 6.08 Å². The van der Waals surface area contributed by atoms with Crippen LogP contribution in [-0.2, 0) is 4.79 Å². The molecule has 3 rings (SSSR count). The predicted molar refractivity (Wildman–Crippen MR) is 94.2 cm³/mol. The lowest BCUT2D eigenvalue weighted by molar-refractivity contribution is -0.131. The Balaban J connectivity index is 2.29. The fourth-order valence-corrected chi connectivity index (χ4v) is 3.24. The van der Waals surface area contributed by atoms with Gasteiger partial charge in [0.05, 0.1) is 11.2 Å². The highest BCUT2D eigenvalue weighted by molar-refractivity contribution is 5.94. The topological polar surface area (TPSA) is 42.2 Å². The monoisotopic (exact) mass is 305 g/mol. The smallest absolute Gasteiger partial charge is 0.328 e. The minimum atomic E-state index is -0.940. The van der Waals surface area contributed by atoms with E-state index >= 15 is 0 Å². The minimum absolute atomic E-state index is 0.905. The van der Waals surface area contributed by atoms with Gasteiger partial charge in [-0.2, -0.15) is 0 Å². The molecule has 3 nitrogen and oxygen atoms in total. The Morgan fingerprint density at radius 1 is 1.09 bits per heavy atom. The number of carboxylic acids is 1. The van der Waals surface area contributed by atoms with E-state index in [2.05, 4.69) is 43.5 Å². The molecule has 0 bridgehead atoms. The summed E-state index contributed by atoms with van der Waals surface area (Å²) in [6, 6.07) is 12.4. The molecule has 1 aromatic heterocycles. The van der Waals surface area contributed by atoms with Crippen LogP contribution in [0.1, 0.15) is 22.3 Å². The summed E-state index contributed by atoms with van der Waals surface area (Å²) in [4.78, 5) is 10.8. The zero-order chi connectivity index (χ0) is 16.6. The van der Waals surface area contributed by atoms with Crippen LogP contribution in [0.25, 0.3) is 22.7 Å². The first-order chi connectivity index (χ1) is 11.0. The van der Waals surface area contributed by atoms with E-state index in [1.807, 2.05) is 24.4 Å². The average molecular weight is 305 g/mol. The Labute approximate surface area is 135 Å². The first-order valence-electron chi connectivity index (χ1n) is 7.56. The van der Waals surface area contributed by atoms with Gasteiger partial charge >= 0.3 is 5.97 Å². The normalized spacial score (nSPS) is 11.4. The number of aliphatic carboxylic acids is 1. The standard InChI is InChI=1S/C20H19NO2/c1-13-10-14(2)20(15(3)11-13)21-12-16(8-9-19(22)23)17-6-4-5-7-18(17)21/h4-12H,1-3H3,(H,22,23)/b9-8+. The van der Waals surface area contributed by atoms with Gasteiger partial charge in [-0.3, -0.25) is 0 Å². The van der Waals surface area contributed by atoms with Gasteiger partial charge in [0.1, 0.15) is 0 Å². The third-order valence-corrected chi connectivity index (χ3v) is 4.02. The van der Waals surface area contributed by atoms with Crippen LogP contribution in [0, 0.1) is 20.8 Å². The molecule has 116 valence electrons. The van der Waals surface area contributed by atoms with Gasteiger partial charge in [0.2, 0.25) is 0 Å². The second-order valence-corrected chi connectivity index (χ2v) is 5.89. The number of benzene rings is 2. The van der Waals surface area contributed by atoms with Gasteiger partial charge < -0.3 is 9.67 Å². The van der Waals surface area contributed by atoms with E-state index in [9.17, 15) is 4.79 Å². The van der Waals surface area contributed by atoms with Crippen LogP contribution in [0.3, 0.4) is 0 Å². The predicted octanol–water partition coefficient (Wildman–Crippen LogP) is 4.65. The zero-order valence-electron chi connectivity index (χ0n) is 13.5. The molecule has 0 aliphatic heterocycles. The van der Waals surface area contributed by atoms with E-state index in [0.717, 1.165) is 22.2 Å². The quantitative estimate of drug-likeness (QED) is 0.715. The first kappa shape index (κ1) is 15.1. The number of aromatic nitrogens is 1. The molecule has 2 aromatic carbocycles. The Bertz CT molecular complexity index is 909. The molecule has 0 aliphatic rings. The molecular weight excluding hydrogens is 286 g/mol. The number of rotatable bonds is 3. The summed E-state index contributed by atoms with van der Waals surface area (Å²) in [7, 11) is 0. The Hall–Kier alpha value is -2.81. The Kier molecular flexibility index (Phi) is 3.78. The summed E-state index contributed by atoms with van der Waals surface area (Å²) in [5.74, 6) is -0.940. The lowest BCUT2D eigenvalue weighted by atomic mass is 10.0. The third-order valence-electron chi connectivity index (χ3n) is 4.02. The molecule has 3 aromatic rings. The van der Waals surface area contributed by atoms with Crippen molar-refractivity contribution in [3.8, 4) is 5.69 Å². The van der Waals surface area contributed by atoms with Crippen molar-refractivity contribution in [3.05, 3.63) is 70.9 Å². The molecule has 0 spiro atoms. The van der Waals surface area contributed by atoms with Crippen molar-refractivity contribution < 1.29 is 9.90 Å². The fraction of sp³-hybridized carbons (Fsp3) is 0.150. The Morgan fingerprint density at radius 2 is 1.74 bits per heavy atom. The average Bonchev–Trinajstić information content (AvgIpc) is 2.83. The molecule has 0 fully saturated rings. The summed E-state index contributed by atoms with van der Waals surface area (Å²) in [5, 5.41) is 9.94. The van der Waals surface area contributed by atoms with E-state index in [1.165, 1.54) is 22.8 Å². The number of hydrogen-bond acceptors (Lipinski definition) is 1. The highest BCUT2D eigenvalue weighted by atomic mass is 16.4. The van der Waals surface area contributed by atoms with Crippen molar-refractivity contribution in [1.29, 1.82) is 0 Å². The minimum Gasteiger partial charge on any atom is -0.478 e. The second kappa shape index (κ2) is 5.76. The van der Waals surface area contributed by atoms with Crippen LogP contribution in [0.5, 0.6) is 0 Å². The van der Waals surface area contributed by atoms with Gasteiger partial charge in [-0.15, -0.1) is 0 Å². The number of hydrogen-bond donors (Lipinski definition) is 1. The molecule has 0 amide bonds. The zero-order valence-corrected chi connectivity index (χ0v) is 13.5. The molecule has 23 heavy (non-hydrogen) atoms. The van der Waals surface area contributed by atoms with Gasteiger partial charge in [0.25, 0.3) is 0 Å². The number of aryl methyl sites for hydroxylation is 3. The maximum absolute atomic E-state index is 10.8. The van der Waals surface area contributed by atoms with Crippen LogP contribution >= 0.6 is 0 Å². The maximum atomic E-state index is 10.8. The van der Waals surface area contributed by atoms with Gasteiger partial charge in [0, 0.05) is 23.2 Å². The van der Waals surface area contributed by atoms with E-state index < -0.39 is 5.97 Å². The molecule has 1 N–H and O–H groups in total. The summed E-state index contributed by atoms with van der Waals surface area (Å²) in [6.07, 6.45) is 4.84. The number of para-hydroxylation sites is 1. The van der Waals surface area contributed by atoms with Crippen LogP contribution in [0.15, 0.2) is 48.7 Å². The van der Waals surface area contributed by atoms with Crippen LogP contribution < -0.4 is 0 Å². The number of carbonyl (C=O) groups is 1. The molecule has 0 radical (unpaired) electrons.